The van der Waals surface area contributed by atoms with Gasteiger partial charge in [0.15, 0.2) is 0 Å². The maximum atomic E-state index is 13.9. The van der Waals surface area contributed by atoms with Crippen molar-refractivity contribution in [2.45, 2.75) is 32.7 Å². The van der Waals surface area contributed by atoms with Crippen LogP contribution in [-0.2, 0) is 0 Å². The molecule has 2 rings (SSSR count). The van der Waals surface area contributed by atoms with Crippen molar-refractivity contribution in [1.82, 2.24) is 10.2 Å². The van der Waals surface area contributed by atoms with Gasteiger partial charge in [-0.3, -0.25) is 0 Å². The van der Waals surface area contributed by atoms with Crippen LogP contribution < -0.4 is 5.32 Å². The highest BCUT2D eigenvalue weighted by Gasteiger charge is 2.25. The summed E-state index contributed by atoms with van der Waals surface area (Å²) >= 11 is 0. The first-order valence-corrected chi connectivity index (χ1v) is 7.44. The Kier molecular flexibility index (Phi) is 5.34. The lowest BCUT2D eigenvalue weighted by Crippen LogP contribution is -2.36. The molecule has 106 valence electrons. The summed E-state index contributed by atoms with van der Waals surface area (Å²) in [6, 6.07) is 7.21. The SMILES string of the molecule is CCNC(CN(CC)CC1CC1)c1ccccc1F. The number of halogens is 1. The molecule has 1 unspecified atom stereocenters. The van der Waals surface area contributed by atoms with Crippen molar-refractivity contribution in [3.8, 4) is 0 Å². The highest BCUT2D eigenvalue weighted by atomic mass is 19.1. The molecule has 0 bridgehead atoms. The largest absolute Gasteiger partial charge is 0.309 e. The van der Waals surface area contributed by atoms with E-state index in [1.165, 1.54) is 12.8 Å². The molecule has 0 radical (unpaired) electrons. The highest BCUT2D eigenvalue weighted by molar-refractivity contribution is 5.21. The van der Waals surface area contributed by atoms with E-state index in [0.29, 0.717) is 0 Å². The molecule has 1 saturated carbocycles. The van der Waals surface area contributed by atoms with Gasteiger partial charge in [0.05, 0.1) is 0 Å². The molecule has 0 heterocycles. The summed E-state index contributed by atoms with van der Waals surface area (Å²) in [5.41, 5.74) is 0.790. The molecule has 3 heteroatoms. The minimum absolute atomic E-state index is 0.0879. The summed E-state index contributed by atoms with van der Waals surface area (Å²) in [5, 5.41) is 3.42. The fraction of sp³-hybridized carbons (Fsp3) is 0.625. The fourth-order valence-corrected chi connectivity index (χ4v) is 2.53. The Morgan fingerprint density at radius 1 is 1.32 bits per heavy atom. The second kappa shape index (κ2) is 7.01. The van der Waals surface area contributed by atoms with E-state index in [-0.39, 0.29) is 11.9 Å². The summed E-state index contributed by atoms with van der Waals surface area (Å²) in [4.78, 5) is 2.44. The molecule has 1 N–H and O–H groups in total. The Hall–Kier alpha value is -0.930. The molecular weight excluding hydrogens is 239 g/mol. The van der Waals surface area contributed by atoms with Gasteiger partial charge < -0.3 is 10.2 Å². The van der Waals surface area contributed by atoms with Crippen LogP contribution in [0.3, 0.4) is 0 Å². The van der Waals surface area contributed by atoms with Crippen molar-refractivity contribution in [2.75, 3.05) is 26.2 Å². The van der Waals surface area contributed by atoms with E-state index in [0.717, 1.165) is 37.7 Å². The summed E-state index contributed by atoms with van der Waals surface area (Å²) < 4.78 is 13.9. The van der Waals surface area contributed by atoms with Crippen LogP contribution in [0.15, 0.2) is 24.3 Å². The summed E-state index contributed by atoms with van der Waals surface area (Å²) in [5.74, 6) is 0.777. The van der Waals surface area contributed by atoms with E-state index >= 15 is 0 Å². The Bertz CT molecular complexity index is 390. The summed E-state index contributed by atoms with van der Waals surface area (Å²) in [6.07, 6.45) is 2.73. The Labute approximate surface area is 116 Å². The second-order valence-corrected chi connectivity index (χ2v) is 5.43. The standard InChI is InChI=1S/C16H25FN2/c1-3-18-16(14-7-5-6-8-15(14)17)12-19(4-2)11-13-9-10-13/h5-8,13,16,18H,3-4,9-12H2,1-2H3. The van der Waals surface area contributed by atoms with Crippen molar-refractivity contribution >= 4 is 0 Å². The number of nitrogens with one attached hydrogen (secondary N) is 1. The second-order valence-electron chi connectivity index (χ2n) is 5.43. The molecule has 0 aliphatic heterocycles. The third-order valence-corrected chi connectivity index (χ3v) is 3.83. The molecule has 1 aliphatic rings. The molecule has 0 spiro atoms. The van der Waals surface area contributed by atoms with Crippen molar-refractivity contribution in [3.63, 3.8) is 0 Å². The normalized spacial score (nSPS) is 16.8. The quantitative estimate of drug-likeness (QED) is 0.775. The smallest absolute Gasteiger partial charge is 0.128 e. The van der Waals surface area contributed by atoms with Gasteiger partial charge in [0, 0.05) is 24.7 Å². The van der Waals surface area contributed by atoms with Crippen molar-refractivity contribution < 1.29 is 4.39 Å². The molecule has 0 amide bonds. The first-order chi connectivity index (χ1) is 9.24. The van der Waals surface area contributed by atoms with Crippen LogP contribution in [0.2, 0.25) is 0 Å². The summed E-state index contributed by atoms with van der Waals surface area (Å²) in [7, 11) is 0. The Morgan fingerprint density at radius 2 is 2.05 bits per heavy atom. The first-order valence-electron chi connectivity index (χ1n) is 7.44. The summed E-state index contributed by atoms with van der Waals surface area (Å²) in [6.45, 7) is 8.21. The predicted molar refractivity (Wildman–Crippen MR) is 77.7 cm³/mol. The van der Waals surface area contributed by atoms with Crippen LogP contribution >= 0.6 is 0 Å². The minimum Gasteiger partial charge on any atom is -0.309 e. The first kappa shape index (κ1) is 14.5. The van der Waals surface area contributed by atoms with E-state index in [4.69, 9.17) is 0 Å². The van der Waals surface area contributed by atoms with Gasteiger partial charge in [-0.1, -0.05) is 32.0 Å². The zero-order valence-electron chi connectivity index (χ0n) is 12.0. The zero-order valence-corrected chi connectivity index (χ0v) is 12.0. The Morgan fingerprint density at radius 3 is 2.63 bits per heavy atom. The van der Waals surface area contributed by atoms with Gasteiger partial charge in [-0.15, -0.1) is 0 Å². The third-order valence-electron chi connectivity index (χ3n) is 3.83. The van der Waals surface area contributed by atoms with Gasteiger partial charge >= 0.3 is 0 Å². The van der Waals surface area contributed by atoms with Crippen LogP contribution in [0.25, 0.3) is 0 Å². The lowest BCUT2D eigenvalue weighted by atomic mass is 10.1. The van der Waals surface area contributed by atoms with Gasteiger partial charge in [-0.2, -0.15) is 0 Å². The number of hydrogen-bond acceptors (Lipinski definition) is 2. The van der Waals surface area contributed by atoms with Gasteiger partial charge in [0.1, 0.15) is 5.82 Å². The lowest BCUT2D eigenvalue weighted by Gasteiger charge is -2.27. The molecule has 1 fully saturated rings. The average Bonchev–Trinajstić information content (AvgIpc) is 3.22. The van der Waals surface area contributed by atoms with Crippen LogP contribution in [-0.4, -0.2) is 31.1 Å². The molecule has 2 nitrogen and oxygen atoms in total. The van der Waals surface area contributed by atoms with Crippen LogP contribution in [0.5, 0.6) is 0 Å². The highest BCUT2D eigenvalue weighted by Crippen LogP contribution is 2.30. The average molecular weight is 264 g/mol. The third kappa shape index (κ3) is 4.29. The maximum Gasteiger partial charge on any atom is 0.128 e. The number of hydrogen-bond donors (Lipinski definition) is 1. The number of rotatable bonds is 8. The van der Waals surface area contributed by atoms with Crippen LogP contribution in [0, 0.1) is 11.7 Å². The number of nitrogens with zero attached hydrogens (tertiary/aromatic N) is 1. The minimum atomic E-state index is -0.101. The van der Waals surface area contributed by atoms with E-state index < -0.39 is 0 Å². The van der Waals surface area contributed by atoms with Crippen molar-refractivity contribution in [1.29, 1.82) is 0 Å². The molecule has 19 heavy (non-hydrogen) atoms. The van der Waals surface area contributed by atoms with Crippen LogP contribution in [0.1, 0.15) is 38.3 Å². The van der Waals surface area contributed by atoms with Gasteiger partial charge in [-0.25, -0.2) is 4.39 Å². The van der Waals surface area contributed by atoms with Gasteiger partial charge in [0.2, 0.25) is 0 Å². The molecule has 1 atom stereocenters. The fourth-order valence-electron chi connectivity index (χ4n) is 2.53. The number of likely N-dealkylation sites (N-methyl/N-ethyl adjacent to an activating group) is 2. The van der Waals surface area contributed by atoms with E-state index in [9.17, 15) is 4.39 Å². The molecule has 1 aromatic rings. The Balaban J connectivity index is 2.03. The zero-order chi connectivity index (χ0) is 13.7. The topological polar surface area (TPSA) is 15.3 Å². The van der Waals surface area contributed by atoms with Gasteiger partial charge in [-0.05, 0) is 37.9 Å². The van der Waals surface area contributed by atoms with Crippen LogP contribution in [0.4, 0.5) is 4.39 Å². The van der Waals surface area contributed by atoms with Crippen molar-refractivity contribution in [2.24, 2.45) is 5.92 Å². The van der Waals surface area contributed by atoms with Gasteiger partial charge in [0.25, 0.3) is 0 Å². The molecule has 1 aliphatic carbocycles. The van der Waals surface area contributed by atoms with E-state index in [1.54, 1.807) is 12.1 Å². The lowest BCUT2D eigenvalue weighted by molar-refractivity contribution is 0.243. The predicted octanol–water partition coefficient (Wildman–Crippen LogP) is 3.21. The number of benzene rings is 1. The molecule has 1 aromatic carbocycles. The monoisotopic (exact) mass is 264 g/mol. The van der Waals surface area contributed by atoms with Crippen molar-refractivity contribution in [3.05, 3.63) is 35.6 Å². The van der Waals surface area contributed by atoms with E-state index in [1.807, 2.05) is 12.1 Å². The molecule has 0 saturated heterocycles. The maximum absolute atomic E-state index is 13.9. The van der Waals surface area contributed by atoms with E-state index in [2.05, 4.69) is 24.1 Å². The molecular formula is C16H25FN2. The molecule has 0 aromatic heterocycles.